The molecule has 0 aliphatic carbocycles. The van der Waals surface area contributed by atoms with E-state index in [1.807, 2.05) is 0 Å². The quantitative estimate of drug-likeness (QED) is 0.354. The molecule has 0 heterocycles. The van der Waals surface area contributed by atoms with Crippen molar-refractivity contribution in [3.8, 4) is 0 Å². The number of rotatable bonds is 0. The van der Waals surface area contributed by atoms with Crippen LogP contribution in [0.5, 0.6) is 0 Å². The third-order valence-electron chi connectivity index (χ3n) is 0. The molecule has 108 valence electrons. The van der Waals surface area contributed by atoms with Crippen LogP contribution in [0, 0.1) is 36.9 Å². The smallest absolute Gasteiger partial charge is 0.748 e. The third kappa shape index (κ3) is 3140. The molecule has 0 saturated heterocycles. The Bertz CT molecular complexity index is 347. The number of hydrogen-bond acceptors (Lipinski definition) is 9. The van der Waals surface area contributed by atoms with E-state index in [1.54, 1.807) is 0 Å². The van der Waals surface area contributed by atoms with Gasteiger partial charge in [0.05, 0.1) is 30.4 Å². The molecular weight excluding hydrogens is 451 g/mol. The number of hydrogen-bond donors (Lipinski definition) is 0. The van der Waals surface area contributed by atoms with E-state index in [4.69, 9.17) is 38.9 Å². The second-order valence-corrected chi connectivity index (χ2v) is 6.34. The van der Waals surface area contributed by atoms with Gasteiger partial charge in [-0.05, 0) is 0 Å². The standard InChI is InChI=1S/3CH4O3S.Lu/c3*1-5(2,3)4;/h3*1H3,(H,2,3,4);/q;;;+3/p-3. The Balaban J connectivity index is -0.0000000655. The summed E-state index contributed by atoms with van der Waals surface area (Å²) in [6.45, 7) is 0. The Morgan fingerprint density at radius 2 is 0.562 bits per heavy atom. The van der Waals surface area contributed by atoms with E-state index in [9.17, 15) is 0 Å². The molecule has 0 aromatic heterocycles. The van der Waals surface area contributed by atoms with Crippen LogP contribution in [0.4, 0.5) is 0 Å². The first-order valence-corrected chi connectivity index (χ1v) is 8.17. The van der Waals surface area contributed by atoms with E-state index < -0.39 is 30.4 Å². The molecule has 0 unspecified atom stereocenters. The molecule has 9 nitrogen and oxygen atoms in total. The molecule has 13 heteroatoms. The zero-order valence-corrected chi connectivity index (χ0v) is 12.3. The summed E-state index contributed by atoms with van der Waals surface area (Å²) < 4.78 is 81.7. The van der Waals surface area contributed by atoms with Crippen molar-refractivity contribution in [1.82, 2.24) is 0 Å². The molecule has 0 saturated carbocycles. The molecule has 0 radical (unpaired) electrons. The summed E-state index contributed by atoms with van der Waals surface area (Å²) >= 11 is 0. The van der Waals surface area contributed by atoms with Crippen molar-refractivity contribution in [2.24, 2.45) is 0 Å². The summed E-state index contributed by atoms with van der Waals surface area (Å²) in [5.41, 5.74) is 0. The average molecular weight is 460 g/mol. The molecule has 0 aromatic carbocycles. The van der Waals surface area contributed by atoms with Crippen molar-refractivity contribution < 1.29 is 75.8 Å². The van der Waals surface area contributed by atoms with Crippen molar-refractivity contribution in [1.29, 1.82) is 0 Å². The zero-order valence-electron chi connectivity index (χ0n) is 8.16. The molecular formula is C3H9LuO9S3. The van der Waals surface area contributed by atoms with Crippen LogP contribution < -0.4 is 0 Å². The van der Waals surface area contributed by atoms with E-state index in [2.05, 4.69) is 0 Å². The second-order valence-electron chi connectivity index (χ2n) is 2.11. The summed E-state index contributed by atoms with van der Waals surface area (Å²) in [5, 5.41) is 0. The van der Waals surface area contributed by atoms with Crippen LogP contribution in [0.1, 0.15) is 0 Å². The fourth-order valence-corrected chi connectivity index (χ4v) is 0. The normalized spacial score (nSPS) is 10.9. The maximum Gasteiger partial charge on any atom is 3.00 e. The Morgan fingerprint density at radius 3 is 0.562 bits per heavy atom. The molecule has 0 aliphatic heterocycles. The van der Waals surface area contributed by atoms with Gasteiger partial charge in [0.25, 0.3) is 0 Å². The largest absolute Gasteiger partial charge is 3.00 e. The van der Waals surface area contributed by atoms with Crippen molar-refractivity contribution >= 4 is 30.4 Å². The van der Waals surface area contributed by atoms with Gasteiger partial charge in [-0.1, -0.05) is 0 Å². The van der Waals surface area contributed by atoms with Gasteiger partial charge in [-0.3, -0.25) is 0 Å². The molecule has 0 aliphatic rings. The van der Waals surface area contributed by atoms with Crippen LogP contribution in [0.15, 0.2) is 0 Å². The summed E-state index contributed by atoms with van der Waals surface area (Å²) in [5.74, 6) is 0. The van der Waals surface area contributed by atoms with Crippen LogP contribution >= 0.6 is 0 Å². The van der Waals surface area contributed by atoms with E-state index >= 15 is 0 Å². The predicted molar refractivity (Wildman–Crippen MR) is 46.9 cm³/mol. The first-order chi connectivity index (χ1) is 6.00. The molecule has 0 fully saturated rings. The summed E-state index contributed by atoms with van der Waals surface area (Å²) in [6, 6.07) is 0. The first-order valence-electron chi connectivity index (χ1n) is 2.72. The Kier molecular flexibility index (Phi) is 16.0. The topological polar surface area (TPSA) is 172 Å². The Labute approximate surface area is 124 Å². The molecule has 0 amide bonds. The van der Waals surface area contributed by atoms with E-state index in [0.717, 1.165) is 0 Å². The maximum atomic E-state index is 9.08. The summed E-state index contributed by atoms with van der Waals surface area (Å²) in [6.07, 6.45) is 1.81. The summed E-state index contributed by atoms with van der Waals surface area (Å²) in [7, 11) is -11.8. The van der Waals surface area contributed by atoms with Gasteiger partial charge in [0.15, 0.2) is 0 Å². The van der Waals surface area contributed by atoms with Gasteiger partial charge in [-0.15, -0.1) is 0 Å². The molecule has 0 atom stereocenters. The van der Waals surface area contributed by atoms with Crippen LogP contribution in [-0.2, 0) is 30.4 Å². The average Bonchev–Trinajstić information content (AvgIpc) is 1.41. The minimum Gasteiger partial charge on any atom is -0.748 e. The van der Waals surface area contributed by atoms with Gasteiger partial charge in [-0.25, -0.2) is 25.3 Å². The van der Waals surface area contributed by atoms with Gasteiger partial charge in [0.1, 0.15) is 0 Å². The van der Waals surface area contributed by atoms with Gasteiger partial charge in [0.2, 0.25) is 0 Å². The molecule has 0 N–H and O–H groups in total. The SMILES string of the molecule is CS(=O)(=O)[O-].CS(=O)(=O)[O-].CS(=O)(=O)[O-].[Lu+3]. The molecule has 0 aromatic rings. The minimum absolute atomic E-state index is 0. The van der Waals surface area contributed by atoms with Gasteiger partial charge < -0.3 is 13.7 Å². The van der Waals surface area contributed by atoms with E-state index in [0.29, 0.717) is 18.8 Å². The first kappa shape index (κ1) is 25.7. The second kappa shape index (κ2) is 9.94. The van der Waals surface area contributed by atoms with Crippen molar-refractivity contribution in [3.63, 3.8) is 0 Å². The zero-order chi connectivity index (χ0) is 13.5. The van der Waals surface area contributed by atoms with Crippen LogP contribution in [0.25, 0.3) is 0 Å². The molecule has 0 bridgehead atoms. The predicted octanol–water partition coefficient (Wildman–Crippen LogP) is -2.52. The summed E-state index contributed by atoms with van der Waals surface area (Å²) in [4.78, 5) is 0. The molecule has 0 spiro atoms. The van der Waals surface area contributed by atoms with Gasteiger partial charge in [0, 0.05) is 18.8 Å². The Morgan fingerprint density at radius 1 is 0.562 bits per heavy atom. The van der Waals surface area contributed by atoms with Gasteiger partial charge in [-0.2, -0.15) is 0 Å². The van der Waals surface area contributed by atoms with Crippen LogP contribution in [-0.4, -0.2) is 57.7 Å². The fourth-order valence-electron chi connectivity index (χ4n) is 0. The van der Waals surface area contributed by atoms with E-state index in [1.165, 1.54) is 0 Å². The van der Waals surface area contributed by atoms with Crippen molar-refractivity contribution in [3.05, 3.63) is 0 Å². The minimum atomic E-state index is -3.92. The fraction of sp³-hybridized carbons (Fsp3) is 1.00. The Hall–Kier alpha value is 0.964. The van der Waals surface area contributed by atoms with Crippen LogP contribution in [0.3, 0.4) is 0 Å². The maximum absolute atomic E-state index is 9.08. The third-order valence-corrected chi connectivity index (χ3v) is 0. The van der Waals surface area contributed by atoms with Crippen molar-refractivity contribution in [2.75, 3.05) is 18.8 Å². The molecule has 0 rings (SSSR count). The van der Waals surface area contributed by atoms with Crippen molar-refractivity contribution in [2.45, 2.75) is 0 Å². The van der Waals surface area contributed by atoms with Crippen LogP contribution in [0.2, 0.25) is 0 Å². The van der Waals surface area contributed by atoms with Gasteiger partial charge >= 0.3 is 36.9 Å². The monoisotopic (exact) mass is 460 g/mol. The van der Waals surface area contributed by atoms with E-state index in [-0.39, 0.29) is 36.9 Å². The molecule has 16 heavy (non-hydrogen) atoms.